The van der Waals surface area contributed by atoms with Crippen LogP contribution in [0.1, 0.15) is 6.92 Å². The van der Waals surface area contributed by atoms with Crippen molar-refractivity contribution in [3.63, 3.8) is 0 Å². The number of rotatable bonds is 6. The van der Waals surface area contributed by atoms with Crippen molar-refractivity contribution in [1.82, 2.24) is 5.32 Å². The molecule has 13 nitrogen and oxygen atoms in total. The molecule has 0 aromatic rings. The van der Waals surface area contributed by atoms with Crippen LogP contribution in [-0.4, -0.2) is 111 Å². The predicted octanol–water partition coefficient (Wildman–Crippen LogP) is -5.12. The fourth-order valence-corrected chi connectivity index (χ4v) is 2.89. The molecular formula is C14H23NO12. The Balaban J connectivity index is 2.17. The van der Waals surface area contributed by atoms with Crippen molar-refractivity contribution < 1.29 is 59.2 Å². The molecule has 0 bridgehead atoms. The van der Waals surface area contributed by atoms with E-state index in [0.29, 0.717) is 0 Å². The van der Waals surface area contributed by atoms with Gasteiger partial charge in [0.2, 0.25) is 12.2 Å². The standard InChI is InChI=1S/C14H23NO12/c1-4(18)15-6-7(19)11(5(2-16)25-12(6)23)26-14-10(22)8(20)9(21)13(27-14)24-3-17/h3,5-14,16,19-23H,2H2,1H3,(H,15,18)/t5?,6?,7-,8+,9+,10?,11-,12-,13?,14-/m1/s1. The lowest BCUT2D eigenvalue weighted by Gasteiger charge is -2.45. The van der Waals surface area contributed by atoms with Crippen LogP contribution in [0.4, 0.5) is 0 Å². The largest absolute Gasteiger partial charge is 0.435 e. The molecule has 27 heavy (non-hydrogen) atoms. The van der Waals surface area contributed by atoms with Gasteiger partial charge < -0.3 is 54.9 Å². The fourth-order valence-electron chi connectivity index (χ4n) is 2.89. The Morgan fingerprint density at radius 1 is 1.04 bits per heavy atom. The van der Waals surface area contributed by atoms with Crippen LogP contribution in [0.2, 0.25) is 0 Å². The Bertz CT molecular complexity index is 520. The van der Waals surface area contributed by atoms with Gasteiger partial charge in [-0.15, -0.1) is 0 Å². The monoisotopic (exact) mass is 397 g/mol. The van der Waals surface area contributed by atoms with Crippen molar-refractivity contribution in [1.29, 1.82) is 0 Å². The molecule has 2 aliphatic rings. The van der Waals surface area contributed by atoms with E-state index in [1.807, 2.05) is 0 Å². The lowest BCUT2D eigenvalue weighted by atomic mass is 9.96. The lowest BCUT2D eigenvalue weighted by molar-refractivity contribution is -0.368. The predicted molar refractivity (Wildman–Crippen MR) is 80.3 cm³/mol. The maximum Gasteiger partial charge on any atom is 0.295 e. The average molecular weight is 397 g/mol. The molecule has 156 valence electrons. The van der Waals surface area contributed by atoms with Crippen LogP contribution in [0, 0.1) is 0 Å². The third-order valence-electron chi connectivity index (χ3n) is 4.25. The van der Waals surface area contributed by atoms with Crippen molar-refractivity contribution in [3.8, 4) is 0 Å². The molecule has 2 saturated heterocycles. The Kier molecular flexibility index (Phi) is 7.44. The van der Waals surface area contributed by atoms with Crippen LogP contribution in [0.3, 0.4) is 0 Å². The van der Waals surface area contributed by atoms with E-state index in [-0.39, 0.29) is 6.47 Å². The molecule has 2 fully saturated rings. The van der Waals surface area contributed by atoms with Gasteiger partial charge in [-0.3, -0.25) is 9.59 Å². The van der Waals surface area contributed by atoms with Crippen molar-refractivity contribution in [2.75, 3.05) is 6.61 Å². The molecule has 13 heteroatoms. The number of hydrogen-bond donors (Lipinski definition) is 7. The molecule has 2 rings (SSSR count). The third kappa shape index (κ3) is 4.71. The summed E-state index contributed by atoms with van der Waals surface area (Å²) in [4.78, 5) is 21.7. The summed E-state index contributed by atoms with van der Waals surface area (Å²) in [5, 5.41) is 61.6. The first kappa shape index (κ1) is 21.9. The number of amides is 1. The van der Waals surface area contributed by atoms with Gasteiger partial charge in [0, 0.05) is 6.92 Å². The van der Waals surface area contributed by atoms with Crippen molar-refractivity contribution in [2.24, 2.45) is 0 Å². The zero-order valence-electron chi connectivity index (χ0n) is 14.2. The summed E-state index contributed by atoms with van der Waals surface area (Å²) in [5.74, 6) is -0.588. The first-order chi connectivity index (χ1) is 12.7. The number of ether oxygens (including phenoxy) is 4. The molecule has 1 amide bonds. The topological polar surface area (TPSA) is 204 Å². The molecular weight excluding hydrogens is 374 g/mol. The average Bonchev–Trinajstić information content (AvgIpc) is 2.62. The second kappa shape index (κ2) is 9.18. The summed E-state index contributed by atoms with van der Waals surface area (Å²) < 4.78 is 20.0. The molecule has 0 spiro atoms. The SMILES string of the molecule is CC(=O)NC1[C@H](O)OC(CO)[C@@H](O[C@@H]2OC(OC=O)[C@@H](O)[C@H](O)C2O)[C@@H]1O. The van der Waals surface area contributed by atoms with E-state index in [1.165, 1.54) is 0 Å². The Hall–Kier alpha value is -1.42. The van der Waals surface area contributed by atoms with Gasteiger partial charge in [-0.2, -0.15) is 0 Å². The number of nitrogens with one attached hydrogen (secondary N) is 1. The Labute approximate surface area is 153 Å². The maximum absolute atomic E-state index is 11.2. The van der Waals surface area contributed by atoms with Crippen molar-refractivity contribution in [3.05, 3.63) is 0 Å². The molecule has 0 saturated carbocycles. The quantitative estimate of drug-likeness (QED) is 0.210. The van der Waals surface area contributed by atoms with Crippen molar-refractivity contribution >= 4 is 12.4 Å². The van der Waals surface area contributed by atoms with Gasteiger partial charge >= 0.3 is 0 Å². The molecule has 2 aliphatic heterocycles. The van der Waals surface area contributed by atoms with Gasteiger partial charge in [0.15, 0.2) is 12.6 Å². The van der Waals surface area contributed by atoms with Gasteiger partial charge in [0.1, 0.15) is 42.7 Å². The van der Waals surface area contributed by atoms with Gasteiger partial charge in [-0.25, -0.2) is 0 Å². The Morgan fingerprint density at radius 3 is 2.22 bits per heavy atom. The molecule has 0 aliphatic carbocycles. The summed E-state index contributed by atoms with van der Waals surface area (Å²) in [6.07, 6.45) is -14.8. The molecule has 4 unspecified atom stereocenters. The van der Waals surface area contributed by atoms with Crippen LogP contribution in [0.5, 0.6) is 0 Å². The molecule has 0 aromatic heterocycles. The highest BCUT2D eigenvalue weighted by molar-refractivity contribution is 5.73. The second-order valence-electron chi connectivity index (χ2n) is 6.14. The van der Waals surface area contributed by atoms with E-state index in [1.54, 1.807) is 0 Å². The highest BCUT2D eigenvalue weighted by Crippen LogP contribution is 2.28. The molecule has 10 atom stereocenters. The minimum absolute atomic E-state index is 0.0480. The number of aliphatic hydroxyl groups excluding tert-OH is 6. The van der Waals surface area contributed by atoms with Crippen LogP contribution in [-0.2, 0) is 28.5 Å². The minimum atomic E-state index is -1.82. The molecule has 7 N–H and O–H groups in total. The van der Waals surface area contributed by atoms with Gasteiger partial charge in [0.05, 0.1) is 6.61 Å². The number of carbonyl (C=O) groups is 2. The van der Waals surface area contributed by atoms with Crippen molar-refractivity contribution in [2.45, 2.75) is 68.5 Å². The van der Waals surface area contributed by atoms with Gasteiger partial charge in [-0.05, 0) is 0 Å². The second-order valence-corrected chi connectivity index (χ2v) is 6.14. The molecule has 0 aromatic carbocycles. The van der Waals surface area contributed by atoms with E-state index in [2.05, 4.69) is 10.1 Å². The van der Waals surface area contributed by atoms with E-state index >= 15 is 0 Å². The zero-order valence-corrected chi connectivity index (χ0v) is 14.2. The first-order valence-electron chi connectivity index (χ1n) is 8.05. The van der Waals surface area contributed by atoms with Gasteiger partial charge in [0.25, 0.3) is 6.47 Å². The van der Waals surface area contributed by atoms with Crippen LogP contribution in [0.15, 0.2) is 0 Å². The Morgan fingerprint density at radius 2 is 1.67 bits per heavy atom. The lowest BCUT2D eigenvalue weighted by Crippen LogP contribution is -2.67. The van der Waals surface area contributed by atoms with E-state index in [4.69, 9.17) is 14.2 Å². The highest BCUT2D eigenvalue weighted by Gasteiger charge is 2.51. The van der Waals surface area contributed by atoms with Crippen LogP contribution >= 0.6 is 0 Å². The summed E-state index contributed by atoms with van der Waals surface area (Å²) in [5.41, 5.74) is 0. The summed E-state index contributed by atoms with van der Waals surface area (Å²) >= 11 is 0. The molecule has 0 radical (unpaired) electrons. The highest BCUT2D eigenvalue weighted by atomic mass is 16.8. The summed E-state index contributed by atoms with van der Waals surface area (Å²) in [6.45, 7) is 0.377. The summed E-state index contributed by atoms with van der Waals surface area (Å²) in [7, 11) is 0. The normalized spacial score (nSPS) is 45.1. The first-order valence-corrected chi connectivity index (χ1v) is 8.05. The smallest absolute Gasteiger partial charge is 0.295 e. The fraction of sp³-hybridized carbons (Fsp3) is 0.857. The third-order valence-corrected chi connectivity index (χ3v) is 4.25. The van der Waals surface area contributed by atoms with Gasteiger partial charge in [-0.1, -0.05) is 0 Å². The van der Waals surface area contributed by atoms with E-state index in [9.17, 15) is 40.2 Å². The van der Waals surface area contributed by atoms with E-state index in [0.717, 1.165) is 6.92 Å². The number of hydrogen-bond acceptors (Lipinski definition) is 12. The van der Waals surface area contributed by atoms with Crippen LogP contribution < -0.4 is 5.32 Å². The molecule has 2 heterocycles. The number of carbonyl (C=O) groups excluding carboxylic acids is 2. The number of aliphatic hydroxyl groups is 6. The summed E-state index contributed by atoms with van der Waals surface area (Å²) in [6, 6.07) is -1.33. The maximum atomic E-state index is 11.2. The minimum Gasteiger partial charge on any atom is -0.435 e. The van der Waals surface area contributed by atoms with Crippen LogP contribution in [0.25, 0.3) is 0 Å². The van der Waals surface area contributed by atoms with E-state index < -0.39 is 74.0 Å². The zero-order chi connectivity index (χ0) is 20.3.